The summed E-state index contributed by atoms with van der Waals surface area (Å²) >= 11 is 0. The second-order valence-electron chi connectivity index (χ2n) is 4.15. The molecule has 8 nitrogen and oxygen atoms in total. The van der Waals surface area contributed by atoms with Crippen LogP contribution in [-0.2, 0) is 0 Å². The Hall–Kier alpha value is -3.29. The van der Waals surface area contributed by atoms with Gasteiger partial charge in [-0.2, -0.15) is 0 Å². The lowest BCUT2D eigenvalue weighted by molar-refractivity contribution is -0.384. The zero-order valence-electron chi connectivity index (χ0n) is 11.5. The molecule has 0 saturated carbocycles. The van der Waals surface area contributed by atoms with Gasteiger partial charge in [0, 0.05) is 11.8 Å². The van der Waals surface area contributed by atoms with Gasteiger partial charge in [0.15, 0.2) is 11.5 Å². The lowest BCUT2D eigenvalue weighted by Gasteiger charge is -2.10. The van der Waals surface area contributed by atoms with Crippen molar-refractivity contribution >= 4 is 17.5 Å². The number of non-ortho nitro benzene ring substituents is 1. The maximum Gasteiger partial charge on any atom is 0.409 e. The van der Waals surface area contributed by atoms with Gasteiger partial charge in [0.05, 0.1) is 18.1 Å². The average Bonchev–Trinajstić information content (AvgIpc) is 2.49. The first-order valence-electron chi connectivity index (χ1n) is 6.10. The molecule has 0 fully saturated rings. The number of amides is 1. The largest absolute Gasteiger partial charge is 0.493 e. The van der Waals surface area contributed by atoms with Gasteiger partial charge in [0.25, 0.3) is 5.69 Å². The SMILES string of the molecule is COc1cc([N+](=O)[O-])ccc1Oc1ccc(NC(=O)O)cc1. The van der Waals surface area contributed by atoms with Gasteiger partial charge in [-0.15, -0.1) is 0 Å². The van der Waals surface area contributed by atoms with Gasteiger partial charge >= 0.3 is 6.09 Å². The predicted molar refractivity (Wildman–Crippen MR) is 77.8 cm³/mol. The molecule has 0 spiro atoms. The molecule has 0 heterocycles. The second-order valence-corrected chi connectivity index (χ2v) is 4.15. The van der Waals surface area contributed by atoms with Crippen LogP contribution in [0.25, 0.3) is 0 Å². The first-order chi connectivity index (χ1) is 10.5. The summed E-state index contributed by atoms with van der Waals surface area (Å²) in [5, 5.41) is 21.5. The molecule has 0 saturated heterocycles. The molecule has 0 atom stereocenters. The van der Waals surface area contributed by atoms with E-state index in [1.54, 1.807) is 12.1 Å². The van der Waals surface area contributed by atoms with Gasteiger partial charge in [-0.25, -0.2) is 4.79 Å². The highest BCUT2D eigenvalue weighted by Crippen LogP contribution is 2.34. The Morgan fingerprint density at radius 2 is 1.86 bits per heavy atom. The van der Waals surface area contributed by atoms with Crippen molar-refractivity contribution in [2.24, 2.45) is 0 Å². The molecule has 0 unspecified atom stereocenters. The van der Waals surface area contributed by atoms with Crippen molar-refractivity contribution in [2.45, 2.75) is 0 Å². The average molecular weight is 304 g/mol. The van der Waals surface area contributed by atoms with E-state index in [1.165, 1.54) is 37.4 Å². The van der Waals surface area contributed by atoms with Crippen LogP contribution in [0.4, 0.5) is 16.2 Å². The Morgan fingerprint density at radius 3 is 2.41 bits per heavy atom. The molecule has 114 valence electrons. The summed E-state index contributed by atoms with van der Waals surface area (Å²) in [4.78, 5) is 20.7. The minimum Gasteiger partial charge on any atom is -0.493 e. The number of methoxy groups -OCH3 is 1. The molecule has 0 aliphatic rings. The topological polar surface area (TPSA) is 111 Å². The number of nitrogens with zero attached hydrogens (tertiary/aromatic N) is 1. The number of ether oxygens (including phenoxy) is 2. The van der Waals surface area contributed by atoms with Crippen LogP contribution in [0, 0.1) is 10.1 Å². The molecule has 2 aromatic rings. The Bertz CT molecular complexity index is 699. The van der Waals surface area contributed by atoms with E-state index >= 15 is 0 Å². The molecular formula is C14H12N2O6. The quantitative estimate of drug-likeness (QED) is 0.646. The molecule has 22 heavy (non-hydrogen) atoms. The zero-order valence-corrected chi connectivity index (χ0v) is 11.5. The first kappa shape index (κ1) is 15.1. The standard InChI is InChI=1S/C14H12N2O6/c1-21-13-8-10(16(19)20)4-7-12(13)22-11-5-2-9(3-6-11)15-14(17)18/h2-8,15H,1H3,(H,17,18). The number of anilines is 1. The minimum atomic E-state index is -1.16. The third-order valence-electron chi connectivity index (χ3n) is 2.69. The van der Waals surface area contributed by atoms with Crippen molar-refractivity contribution in [3.8, 4) is 17.2 Å². The van der Waals surface area contributed by atoms with Gasteiger partial charge in [0.1, 0.15) is 5.75 Å². The lowest BCUT2D eigenvalue weighted by Crippen LogP contribution is -2.06. The minimum absolute atomic E-state index is 0.106. The normalized spacial score (nSPS) is 9.86. The molecule has 2 N–H and O–H groups in total. The van der Waals surface area contributed by atoms with E-state index in [0.717, 1.165) is 0 Å². The monoisotopic (exact) mass is 304 g/mol. The summed E-state index contributed by atoms with van der Waals surface area (Å²) in [7, 11) is 1.38. The Morgan fingerprint density at radius 1 is 1.18 bits per heavy atom. The summed E-state index contributed by atoms with van der Waals surface area (Å²) < 4.78 is 10.6. The molecule has 8 heteroatoms. The number of hydrogen-bond donors (Lipinski definition) is 2. The fraction of sp³-hybridized carbons (Fsp3) is 0.0714. The van der Waals surface area contributed by atoms with Crippen molar-refractivity contribution in [3.63, 3.8) is 0 Å². The predicted octanol–water partition coefficient (Wildman–Crippen LogP) is 3.49. The van der Waals surface area contributed by atoms with Crippen molar-refractivity contribution < 1.29 is 24.3 Å². The molecule has 1 amide bonds. The van der Waals surface area contributed by atoms with Crippen LogP contribution in [0.2, 0.25) is 0 Å². The van der Waals surface area contributed by atoms with E-state index < -0.39 is 11.0 Å². The van der Waals surface area contributed by atoms with E-state index in [1.807, 2.05) is 0 Å². The lowest BCUT2D eigenvalue weighted by atomic mass is 10.2. The summed E-state index contributed by atoms with van der Waals surface area (Å²) in [6.45, 7) is 0. The first-order valence-corrected chi connectivity index (χ1v) is 6.10. The molecule has 0 aromatic heterocycles. The molecule has 0 radical (unpaired) electrons. The van der Waals surface area contributed by atoms with E-state index in [2.05, 4.69) is 5.32 Å². The van der Waals surface area contributed by atoms with Crippen LogP contribution in [0.3, 0.4) is 0 Å². The molecule has 0 aliphatic heterocycles. The zero-order chi connectivity index (χ0) is 16.1. The summed E-state index contributed by atoms with van der Waals surface area (Å²) in [6, 6.07) is 10.2. The number of hydrogen-bond acceptors (Lipinski definition) is 5. The number of rotatable bonds is 5. The third kappa shape index (κ3) is 3.63. The fourth-order valence-electron chi connectivity index (χ4n) is 1.71. The number of nitro benzene ring substituents is 1. The highest BCUT2D eigenvalue weighted by atomic mass is 16.6. The van der Waals surface area contributed by atoms with Crippen LogP contribution >= 0.6 is 0 Å². The highest BCUT2D eigenvalue weighted by molar-refractivity contribution is 5.82. The number of nitrogens with one attached hydrogen (secondary N) is 1. The maximum atomic E-state index is 10.7. The molecular weight excluding hydrogens is 292 g/mol. The second kappa shape index (κ2) is 6.44. The van der Waals surface area contributed by atoms with E-state index in [0.29, 0.717) is 17.2 Å². The summed E-state index contributed by atoms with van der Waals surface area (Å²) in [5.74, 6) is 0.970. The van der Waals surface area contributed by atoms with Gasteiger partial charge in [-0.1, -0.05) is 0 Å². The van der Waals surface area contributed by atoms with Gasteiger partial charge in [-0.3, -0.25) is 15.4 Å². The highest BCUT2D eigenvalue weighted by Gasteiger charge is 2.13. The number of benzene rings is 2. The van der Waals surface area contributed by atoms with Crippen molar-refractivity contribution in [3.05, 3.63) is 52.6 Å². The summed E-state index contributed by atoms with van der Waals surface area (Å²) in [6.07, 6.45) is -1.16. The molecule has 2 aromatic carbocycles. The van der Waals surface area contributed by atoms with E-state index in [9.17, 15) is 14.9 Å². The number of carbonyl (C=O) groups is 1. The van der Waals surface area contributed by atoms with E-state index in [-0.39, 0.29) is 11.4 Å². The number of carboxylic acid groups (broad SMARTS) is 1. The van der Waals surface area contributed by atoms with Crippen LogP contribution in [-0.4, -0.2) is 23.2 Å². The number of nitro groups is 1. The fourth-order valence-corrected chi connectivity index (χ4v) is 1.71. The van der Waals surface area contributed by atoms with Crippen molar-refractivity contribution in [1.82, 2.24) is 0 Å². The van der Waals surface area contributed by atoms with E-state index in [4.69, 9.17) is 14.6 Å². The smallest absolute Gasteiger partial charge is 0.409 e. The van der Waals surface area contributed by atoms with Gasteiger partial charge in [0.2, 0.25) is 0 Å². The van der Waals surface area contributed by atoms with Crippen molar-refractivity contribution in [2.75, 3.05) is 12.4 Å². The van der Waals surface area contributed by atoms with Gasteiger partial charge < -0.3 is 14.6 Å². The van der Waals surface area contributed by atoms with Crippen molar-refractivity contribution in [1.29, 1.82) is 0 Å². The molecule has 0 bridgehead atoms. The van der Waals surface area contributed by atoms with Crippen LogP contribution in [0.15, 0.2) is 42.5 Å². The molecule has 2 rings (SSSR count). The maximum absolute atomic E-state index is 10.7. The Balaban J connectivity index is 2.19. The van der Waals surface area contributed by atoms with Crippen LogP contribution < -0.4 is 14.8 Å². The van der Waals surface area contributed by atoms with Crippen LogP contribution in [0.1, 0.15) is 0 Å². The van der Waals surface area contributed by atoms with Gasteiger partial charge in [-0.05, 0) is 30.3 Å². The van der Waals surface area contributed by atoms with Crippen LogP contribution in [0.5, 0.6) is 17.2 Å². The Kier molecular flexibility index (Phi) is 4.42. The summed E-state index contributed by atoms with van der Waals surface area (Å²) in [5.41, 5.74) is 0.292. The third-order valence-corrected chi connectivity index (χ3v) is 2.69. The Labute approximate surface area is 125 Å². The molecule has 0 aliphatic carbocycles.